The van der Waals surface area contributed by atoms with Gasteiger partial charge in [0, 0.05) is 18.3 Å². The van der Waals surface area contributed by atoms with Crippen molar-refractivity contribution in [3.05, 3.63) is 24.0 Å². The average molecular weight is 222 g/mol. The largest absolute Gasteiger partial charge is 0.495 e. The number of rotatable bonds is 3. The van der Waals surface area contributed by atoms with Crippen molar-refractivity contribution in [2.45, 2.75) is 6.04 Å². The molecule has 5 heteroatoms. The lowest BCUT2D eigenvalue weighted by Crippen LogP contribution is -2.46. The van der Waals surface area contributed by atoms with Crippen molar-refractivity contribution in [1.82, 2.24) is 10.3 Å². The molecule has 5 nitrogen and oxygen atoms in total. The predicted molar refractivity (Wildman–Crippen MR) is 57.7 cm³/mol. The molecule has 1 fully saturated rings. The highest BCUT2D eigenvalue weighted by Crippen LogP contribution is 2.12. The van der Waals surface area contributed by atoms with Gasteiger partial charge < -0.3 is 14.8 Å². The number of nitrogens with one attached hydrogen (secondary N) is 1. The molecule has 1 aromatic heterocycles. The third-order valence-corrected chi connectivity index (χ3v) is 2.47. The molecule has 0 saturated carbocycles. The second-order valence-electron chi connectivity index (χ2n) is 3.56. The van der Waals surface area contributed by atoms with Gasteiger partial charge >= 0.3 is 0 Å². The molecule has 2 rings (SSSR count). The minimum absolute atomic E-state index is 0.00824. The van der Waals surface area contributed by atoms with E-state index >= 15 is 0 Å². The smallest absolute Gasteiger partial charge is 0.183 e. The standard InChI is InChI=1S/C11H14N2O3/c1-15-9-4-8(5-12-6-9)11(14)10-7-16-3-2-13-10/h4-6,10,13H,2-3,7H2,1H3. The van der Waals surface area contributed by atoms with Gasteiger partial charge in [-0.1, -0.05) is 0 Å². The molecule has 1 unspecified atom stereocenters. The number of pyridine rings is 1. The number of Topliss-reactive ketones (excluding diaryl/α,β-unsaturated/α-hetero) is 1. The van der Waals surface area contributed by atoms with E-state index in [2.05, 4.69) is 10.3 Å². The van der Waals surface area contributed by atoms with Gasteiger partial charge in [0.25, 0.3) is 0 Å². The Balaban J connectivity index is 2.12. The van der Waals surface area contributed by atoms with Gasteiger partial charge in [-0.15, -0.1) is 0 Å². The van der Waals surface area contributed by atoms with Gasteiger partial charge in [-0.25, -0.2) is 0 Å². The Morgan fingerprint density at radius 1 is 1.62 bits per heavy atom. The van der Waals surface area contributed by atoms with Crippen molar-refractivity contribution < 1.29 is 14.3 Å². The monoisotopic (exact) mass is 222 g/mol. The van der Waals surface area contributed by atoms with E-state index in [9.17, 15) is 4.79 Å². The first-order valence-electron chi connectivity index (χ1n) is 5.15. The lowest BCUT2D eigenvalue weighted by Gasteiger charge is -2.22. The Labute approximate surface area is 93.8 Å². The first-order chi connectivity index (χ1) is 7.81. The highest BCUT2D eigenvalue weighted by molar-refractivity contribution is 6.00. The summed E-state index contributed by atoms with van der Waals surface area (Å²) < 4.78 is 10.3. The number of nitrogens with zero attached hydrogens (tertiary/aromatic N) is 1. The van der Waals surface area contributed by atoms with Crippen LogP contribution in [-0.2, 0) is 4.74 Å². The second kappa shape index (κ2) is 5.05. The molecule has 0 amide bonds. The number of morpholine rings is 1. The van der Waals surface area contributed by atoms with Crippen molar-refractivity contribution in [3.63, 3.8) is 0 Å². The Bertz CT molecular complexity index is 375. The van der Waals surface area contributed by atoms with Crippen molar-refractivity contribution in [2.75, 3.05) is 26.9 Å². The fourth-order valence-corrected chi connectivity index (χ4v) is 1.60. The number of carbonyl (C=O) groups is 1. The molecule has 0 radical (unpaired) electrons. The van der Waals surface area contributed by atoms with Gasteiger partial charge in [0.2, 0.25) is 0 Å². The second-order valence-corrected chi connectivity index (χ2v) is 3.56. The first kappa shape index (κ1) is 11.0. The molecule has 0 bridgehead atoms. The van der Waals surface area contributed by atoms with Crippen molar-refractivity contribution >= 4 is 5.78 Å². The number of hydrogen-bond donors (Lipinski definition) is 1. The third kappa shape index (κ3) is 2.37. The van der Waals surface area contributed by atoms with Crippen LogP contribution in [0.4, 0.5) is 0 Å². The van der Waals surface area contributed by atoms with E-state index in [1.54, 1.807) is 25.6 Å². The van der Waals surface area contributed by atoms with Crippen LogP contribution in [0.1, 0.15) is 10.4 Å². The molecule has 1 aromatic rings. The first-order valence-corrected chi connectivity index (χ1v) is 5.15. The zero-order chi connectivity index (χ0) is 11.4. The summed E-state index contributed by atoms with van der Waals surface area (Å²) in [6, 6.07) is 1.41. The maximum absolute atomic E-state index is 12.0. The summed E-state index contributed by atoms with van der Waals surface area (Å²) in [4.78, 5) is 16.0. The van der Waals surface area contributed by atoms with Gasteiger partial charge in [0.15, 0.2) is 5.78 Å². The van der Waals surface area contributed by atoms with E-state index < -0.39 is 0 Å². The molecule has 86 valence electrons. The summed E-state index contributed by atoms with van der Waals surface area (Å²) >= 11 is 0. The highest BCUT2D eigenvalue weighted by atomic mass is 16.5. The van der Waals surface area contributed by atoms with E-state index in [4.69, 9.17) is 9.47 Å². The number of aromatic nitrogens is 1. The van der Waals surface area contributed by atoms with Crippen LogP contribution in [0.2, 0.25) is 0 Å². The number of ketones is 1. The van der Waals surface area contributed by atoms with Gasteiger partial charge in [-0.3, -0.25) is 9.78 Å². The van der Waals surface area contributed by atoms with Crippen molar-refractivity contribution in [1.29, 1.82) is 0 Å². The van der Waals surface area contributed by atoms with Crippen LogP contribution in [0.15, 0.2) is 18.5 Å². The predicted octanol–water partition coefficient (Wildman–Crippen LogP) is 0.261. The molecule has 2 heterocycles. The third-order valence-electron chi connectivity index (χ3n) is 2.47. The van der Waals surface area contributed by atoms with Gasteiger partial charge in [-0.2, -0.15) is 0 Å². The summed E-state index contributed by atoms with van der Waals surface area (Å²) in [5.74, 6) is 0.577. The summed E-state index contributed by atoms with van der Waals surface area (Å²) in [7, 11) is 1.55. The van der Waals surface area contributed by atoms with Crippen LogP contribution >= 0.6 is 0 Å². The zero-order valence-electron chi connectivity index (χ0n) is 9.10. The quantitative estimate of drug-likeness (QED) is 0.743. The average Bonchev–Trinajstić information content (AvgIpc) is 2.39. The zero-order valence-corrected chi connectivity index (χ0v) is 9.10. The Morgan fingerprint density at radius 3 is 3.19 bits per heavy atom. The van der Waals surface area contributed by atoms with Crippen LogP contribution in [0.3, 0.4) is 0 Å². The maximum Gasteiger partial charge on any atom is 0.183 e. The van der Waals surface area contributed by atoms with Crippen molar-refractivity contribution in [3.8, 4) is 5.75 Å². The normalized spacial score (nSPS) is 20.4. The van der Waals surface area contributed by atoms with Crippen LogP contribution in [0.25, 0.3) is 0 Å². The van der Waals surface area contributed by atoms with Gasteiger partial charge in [0.1, 0.15) is 5.75 Å². The fourth-order valence-electron chi connectivity index (χ4n) is 1.60. The fraction of sp³-hybridized carbons (Fsp3) is 0.455. The highest BCUT2D eigenvalue weighted by Gasteiger charge is 2.22. The van der Waals surface area contributed by atoms with Crippen molar-refractivity contribution in [2.24, 2.45) is 0 Å². The Kier molecular flexibility index (Phi) is 3.48. The summed E-state index contributed by atoms with van der Waals surface area (Å²) in [5.41, 5.74) is 0.544. The Hall–Kier alpha value is -1.46. The molecule has 1 aliphatic rings. The molecule has 1 aliphatic heterocycles. The lowest BCUT2D eigenvalue weighted by molar-refractivity contribution is 0.0607. The number of hydrogen-bond acceptors (Lipinski definition) is 5. The van der Waals surface area contributed by atoms with E-state index in [1.807, 2.05) is 0 Å². The lowest BCUT2D eigenvalue weighted by atomic mass is 10.1. The summed E-state index contributed by atoms with van der Waals surface area (Å²) in [6.45, 7) is 1.77. The van der Waals surface area contributed by atoms with Gasteiger partial charge in [-0.05, 0) is 6.07 Å². The number of ether oxygens (including phenoxy) is 2. The molecule has 0 aromatic carbocycles. The summed E-state index contributed by atoms with van der Waals surface area (Å²) in [6.07, 6.45) is 3.11. The molecule has 16 heavy (non-hydrogen) atoms. The van der Waals surface area contributed by atoms with Crippen LogP contribution in [0.5, 0.6) is 5.75 Å². The maximum atomic E-state index is 12.0. The number of methoxy groups -OCH3 is 1. The van der Waals surface area contributed by atoms with Crippen LogP contribution in [0, 0.1) is 0 Å². The minimum atomic E-state index is -0.275. The molecule has 1 N–H and O–H groups in total. The molecule has 0 aliphatic carbocycles. The topological polar surface area (TPSA) is 60.5 Å². The van der Waals surface area contributed by atoms with Crippen LogP contribution < -0.4 is 10.1 Å². The SMILES string of the molecule is COc1cncc(C(=O)C2COCCN2)c1. The minimum Gasteiger partial charge on any atom is -0.495 e. The van der Waals surface area contributed by atoms with Crippen LogP contribution in [-0.4, -0.2) is 43.7 Å². The molecular weight excluding hydrogens is 208 g/mol. The molecule has 1 atom stereocenters. The Morgan fingerprint density at radius 2 is 2.50 bits per heavy atom. The van der Waals surface area contributed by atoms with E-state index in [1.165, 1.54) is 0 Å². The number of carbonyl (C=O) groups excluding carboxylic acids is 1. The van der Waals surface area contributed by atoms with E-state index in [0.29, 0.717) is 31.1 Å². The summed E-state index contributed by atoms with van der Waals surface area (Å²) in [5, 5.41) is 3.11. The van der Waals surface area contributed by atoms with Gasteiger partial charge in [0.05, 0.1) is 32.6 Å². The molecule has 0 spiro atoms. The van der Waals surface area contributed by atoms with E-state index in [-0.39, 0.29) is 11.8 Å². The molecule has 1 saturated heterocycles. The molecular formula is C11H14N2O3. The van der Waals surface area contributed by atoms with E-state index in [0.717, 1.165) is 0 Å².